The SMILES string of the molecule is CCNC(=NCc1nc(C)no1)NCC1(C)CCCS1. The summed E-state index contributed by atoms with van der Waals surface area (Å²) in [6.07, 6.45) is 2.56. The number of hydrogen-bond donors (Lipinski definition) is 2. The molecule has 1 aliphatic rings. The molecule has 6 nitrogen and oxygen atoms in total. The van der Waals surface area contributed by atoms with Crippen molar-refractivity contribution in [2.75, 3.05) is 18.8 Å². The van der Waals surface area contributed by atoms with Crippen LogP contribution in [0.3, 0.4) is 0 Å². The molecule has 0 aromatic carbocycles. The summed E-state index contributed by atoms with van der Waals surface area (Å²) in [5.41, 5.74) is 0. The van der Waals surface area contributed by atoms with Crippen molar-refractivity contribution < 1.29 is 4.52 Å². The Hall–Kier alpha value is -1.24. The molecule has 112 valence electrons. The van der Waals surface area contributed by atoms with Gasteiger partial charge in [-0.1, -0.05) is 5.16 Å². The summed E-state index contributed by atoms with van der Waals surface area (Å²) in [6.45, 7) is 8.33. The van der Waals surface area contributed by atoms with Crippen molar-refractivity contribution >= 4 is 17.7 Å². The van der Waals surface area contributed by atoms with Crippen LogP contribution in [0, 0.1) is 6.92 Å². The van der Waals surface area contributed by atoms with Crippen molar-refractivity contribution in [3.8, 4) is 0 Å². The van der Waals surface area contributed by atoms with Gasteiger partial charge in [0.2, 0.25) is 5.89 Å². The van der Waals surface area contributed by atoms with E-state index in [0.717, 1.165) is 19.0 Å². The van der Waals surface area contributed by atoms with Gasteiger partial charge in [-0.3, -0.25) is 0 Å². The molecule has 0 saturated carbocycles. The monoisotopic (exact) mass is 297 g/mol. The van der Waals surface area contributed by atoms with Gasteiger partial charge in [0.15, 0.2) is 11.8 Å². The Morgan fingerprint density at radius 3 is 2.95 bits per heavy atom. The maximum absolute atomic E-state index is 5.06. The molecule has 0 bridgehead atoms. The molecule has 0 amide bonds. The fourth-order valence-corrected chi connectivity index (χ4v) is 3.38. The molecule has 0 aliphatic carbocycles. The Balaban J connectivity index is 1.88. The fraction of sp³-hybridized carbons (Fsp3) is 0.769. The molecule has 2 N–H and O–H groups in total. The van der Waals surface area contributed by atoms with Gasteiger partial charge in [0.25, 0.3) is 0 Å². The smallest absolute Gasteiger partial charge is 0.248 e. The molecule has 1 atom stereocenters. The molecule has 1 saturated heterocycles. The van der Waals surface area contributed by atoms with Crippen molar-refractivity contribution in [3.63, 3.8) is 0 Å². The summed E-state index contributed by atoms with van der Waals surface area (Å²) in [4.78, 5) is 8.63. The lowest BCUT2D eigenvalue weighted by molar-refractivity contribution is 0.376. The van der Waals surface area contributed by atoms with Gasteiger partial charge in [0.05, 0.1) is 0 Å². The molecule has 1 unspecified atom stereocenters. The van der Waals surface area contributed by atoms with Gasteiger partial charge in [-0.05, 0) is 39.4 Å². The predicted molar refractivity (Wildman–Crippen MR) is 82.0 cm³/mol. The minimum atomic E-state index is 0.317. The van der Waals surface area contributed by atoms with Gasteiger partial charge in [0, 0.05) is 17.8 Å². The first-order valence-electron chi connectivity index (χ1n) is 7.07. The minimum absolute atomic E-state index is 0.317. The fourth-order valence-electron chi connectivity index (χ4n) is 2.14. The lowest BCUT2D eigenvalue weighted by Crippen LogP contribution is -2.43. The van der Waals surface area contributed by atoms with Gasteiger partial charge < -0.3 is 15.2 Å². The Kier molecular flexibility index (Phi) is 5.28. The van der Waals surface area contributed by atoms with E-state index in [-0.39, 0.29) is 0 Å². The van der Waals surface area contributed by atoms with Crippen molar-refractivity contribution in [1.29, 1.82) is 0 Å². The van der Waals surface area contributed by atoms with Crippen LogP contribution in [0.15, 0.2) is 9.52 Å². The summed E-state index contributed by atoms with van der Waals surface area (Å²) in [6, 6.07) is 0. The van der Waals surface area contributed by atoms with E-state index < -0.39 is 0 Å². The maximum Gasteiger partial charge on any atom is 0.248 e. The Bertz CT molecular complexity index is 453. The third-order valence-corrected chi connectivity index (χ3v) is 4.75. The molecule has 1 aromatic heterocycles. The van der Waals surface area contributed by atoms with E-state index in [4.69, 9.17) is 4.52 Å². The van der Waals surface area contributed by atoms with E-state index in [1.54, 1.807) is 6.92 Å². The van der Waals surface area contributed by atoms with E-state index in [9.17, 15) is 0 Å². The maximum atomic E-state index is 5.06. The average molecular weight is 297 g/mol. The zero-order valence-electron chi connectivity index (χ0n) is 12.4. The number of hydrogen-bond acceptors (Lipinski definition) is 5. The molecule has 2 heterocycles. The molecule has 1 aromatic rings. The van der Waals surface area contributed by atoms with E-state index in [1.165, 1.54) is 18.6 Å². The predicted octanol–water partition coefficient (Wildman–Crippen LogP) is 1.72. The molecular formula is C13H23N5OS. The average Bonchev–Trinajstić information content (AvgIpc) is 3.03. The topological polar surface area (TPSA) is 75.3 Å². The van der Waals surface area contributed by atoms with Gasteiger partial charge in [0.1, 0.15) is 6.54 Å². The van der Waals surface area contributed by atoms with E-state index in [2.05, 4.69) is 39.6 Å². The molecule has 7 heteroatoms. The van der Waals surface area contributed by atoms with Gasteiger partial charge in [-0.15, -0.1) is 0 Å². The van der Waals surface area contributed by atoms with Gasteiger partial charge in [-0.25, -0.2) is 4.99 Å². The second kappa shape index (κ2) is 6.97. The number of aromatic nitrogens is 2. The summed E-state index contributed by atoms with van der Waals surface area (Å²) in [5, 5.41) is 10.4. The second-order valence-corrected chi connectivity index (χ2v) is 6.87. The lowest BCUT2D eigenvalue weighted by Gasteiger charge is -2.24. The summed E-state index contributed by atoms with van der Waals surface area (Å²) < 4.78 is 5.38. The van der Waals surface area contributed by atoms with Crippen molar-refractivity contribution in [2.24, 2.45) is 4.99 Å². The number of nitrogens with one attached hydrogen (secondary N) is 2. The number of guanidine groups is 1. The zero-order valence-corrected chi connectivity index (χ0v) is 13.2. The van der Waals surface area contributed by atoms with Gasteiger partial charge in [-0.2, -0.15) is 16.7 Å². The van der Waals surface area contributed by atoms with E-state index >= 15 is 0 Å². The van der Waals surface area contributed by atoms with E-state index in [1.807, 2.05) is 11.8 Å². The normalized spacial score (nSPS) is 23.1. The molecule has 0 radical (unpaired) electrons. The zero-order chi connectivity index (χ0) is 14.4. The molecule has 1 fully saturated rings. The Labute approximate surface area is 124 Å². The van der Waals surface area contributed by atoms with Crippen LogP contribution in [-0.4, -0.2) is 39.7 Å². The highest BCUT2D eigenvalue weighted by Crippen LogP contribution is 2.36. The van der Waals surface area contributed by atoms with Crippen LogP contribution < -0.4 is 10.6 Å². The van der Waals surface area contributed by atoms with Crippen LogP contribution >= 0.6 is 11.8 Å². The summed E-state index contributed by atoms with van der Waals surface area (Å²) in [7, 11) is 0. The first-order valence-corrected chi connectivity index (χ1v) is 8.05. The van der Waals surface area contributed by atoms with Crippen LogP contribution in [-0.2, 0) is 6.54 Å². The Morgan fingerprint density at radius 1 is 1.50 bits per heavy atom. The van der Waals surface area contributed by atoms with E-state index in [0.29, 0.717) is 23.0 Å². The van der Waals surface area contributed by atoms with Crippen LogP contribution in [0.5, 0.6) is 0 Å². The molecule has 0 spiro atoms. The van der Waals surface area contributed by atoms with Crippen molar-refractivity contribution in [2.45, 2.75) is 44.9 Å². The second-order valence-electron chi connectivity index (χ2n) is 5.19. The summed E-state index contributed by atoms with van der Waals surface area (Å²) >= 11 is 2.04. The minimum Gasteiger partial charge on any atom is -0.357 e. The van der Waals surface area contributed by atoms with Crippen LogP contribution in [0.4, 0.5) is 0 Å². The first kappa shape index (κ1) is 15.2. The number of rotatable bonds is 5. The van der Waals surface area contributed by atoms with Gasteiger partial charge >= 0.3 is 0 Å². The number of nitrogens with zero attached hydrogens (tertiary/aromatic N) is 3. The highest BCUT2D eigenvalue weighted by atomic mass is 32.2. The first-order chi connectivity index (χ1) is 9.61. The summed E-state index contributed by atoms with van der Waals surface area (Å²) in [5.74, 6) is 3.24. The highest BCUT2D eigenvalue weighted by Gasteiger charge is 2.29. The van der Waals surface area contributed by atoms with Crippen LogP contribution in [0.1, 0.15) is 38.4 Å². The number of thioether (sulfide) groups is 1. The molecular weight excluding hydrogens is 274 g/mol. The largest absolute Gasteiger partial charge is 0.357 e. The highest BCUT2D eigenvalue weighted by molar-refractivity contribution is 8.00. The third-order valence-electron chi connectivity index (χ3n) is 3.22. The lowest BCUT2D eigenvalue weighted by atomic mass is 10.1. The molecule has 1 aliphatic heterocycles. The van der Waals surface area contributed by atoms with Crippen molar-refractivity contribution in [3.05, 3.63) is 11.7 Å². The molecule has 2 rings (SSSR count). The number of aliphatic imine (C=N–C) groups is 1. The number of aryl methyl sites for hydroxylation is 1. The van der Waals surface area contributed by atoms with Crippen LogP contribution in [0.25, 0.3) is 0 Å². The van der Waals surface area contributed by atoms with Crippen LogP contribution in [0.2, 0.25) is 0 Å². The molecule has 20 heavy (non-hydrogen) atoms. The Morgan fingerprint density at radius 2 is 2.35 bits per heavy atom. The quantitative estimate of drug-likeness (QED) is 0.637. The standard InChI is InChI=1S/C13H23N5OS/c1-4-14-12(15-8-11-17-10(2)18-19-11)16-9-13(3)6-5-7-20-13/h4-9H2,1-3H3,(H2,14,15,16). The van der Waals surface area contributed by atoms with Crippen molar-refractivity contribution in [1.82, 2.24) is 20.8 Å². The third kappa shape index (κ3) is 4.40.